The highest BCUT2D eigenvalue weighted by atomic mass is 19.4. The summed E-state index contributed by atoms with van der Waals surface area (Å²) in [5, 5.41) is 8.88. The van der Waals surface area contributed by atoms with Gasteiger partial charge in [0.2, 0.25) is 5.95 Å². The monoisotopic (exact) mass is 649 g/mol. The first kappa shape index (κ1) is 35.3. The molecule has 1 aromatic heterocycles. The van der Waals surface area contributed by atoms with E-state index in [0.717, 1.165) is 45.2 Å². The van der Waals surface area contributed by atoms with Gasteiger partial charge in [-0.15, -0.1) is 0 Å². The summed E-state index contributed by atoms with van der Waals surface area (Å²) in [6, 6.07) is 14.5. The average Bonchev–Trinajstić information content (AvgIpc) is 3.00. The van der Waals surface area contributed by atoms with Crippen LogP contribution in [0.4, 0.5) is 19.1 Å². The maximum atomic E-state index is 13.8. The summed E-state index contributed by atoms with van der Waals surface area (Å²) in [4.78, 5) is 21.7. The molecule has 0 aliphatic heterocycles. The molecule has 0 atom stereocenters. The van der Waals surface area contributed by atoms with E-state index in [1.165, 1.54) is 18.5 Å². The summed E-state index contributed by atoms with van der Waals surface area (Å²) in [6.45, 7) is 13.0. The number of anilines is 1. The molecule has 1 N–H and O–H groups in total. The summed E-state index contributed by atoms with van der Waals surface area (Å²) in [7, 11) is 0. The summed E-state index contributed by atoms with van der Waals surface area (Å²) in [5.41, 5.74) is 6.43. The van der Waals surface area contributed by atoms with E-state index in [4.69, 9.17) is 14.6 Å². The van der Waals surface area contributed by atoms with Crippen LogP contribution in [0.25, 0.3) is 11.1 Å². The lowest BCUT2D eigenvalue weighted by molar-refractivity contribution is -0.138. The van der Waals surface area contributed by atoms with E-state index in [2.05, 4.69) is 55.0 Å². The van der Waals surface area contributed by atoms with E-state index in [-0.39, 0.29) is 19.6 Å². The molecule has 1 heterocycles. The van der Waals surface area contributed by atoms with E-state index < -0.39 is 17.7 Å². The zero-order chi connectivity index (χ0) is 34.3. The number of aliphatic carboxylic acids is 1. The Bertz CT molecular complexity index is 1690. The Hall–Kier alpha value is -4.60. The number of rotatable bonds is 14. The van der Waals surface area contributed by atoms with Gasteiger partial charge < -0.3 is 19.5 Å². The van der Waals surface area contributed by atoms with Gasteiger partial charge in [-0.25, -0.2) is 9.97 Å². The van der Waals surface area contributed by atoms with Crippen LogP contribution in [-0.4, -0.2) is 34.3 Å². The van der Waals surface area contributed by atoms with E-state index >= 15 is 0 Å². The summed E-state index contributed by atoms with van der Waals surface area (Å²) < 4.78 is 53.1. The lowest BCUT2D eigenvalue weighted by Gasteiger charge is -2.26. The maximum Gasteiger partial charge on any atom is 0.416 e. The van der Waals surface area contributed by atoms with Crippen LogP contribution in [0, 0.1) is 20.8 Å². The molecule has 0 aliphatic carbocycles. The van der Waals surface area contributed by atoms with E-state index in [1.54, 1.807) is 13.0 Å². The average molecular weight is 650 g/mol. The molecule has 0 spiro atoms. The highest BCUT2D eigenvalue weighted by molar-refractivity contribution is 5.76. The molecule has 4 aromatic rings. The van der Waals surface area contributed by atoms with Crippen molar-refractivity contribution in [2.75, 3.05) is 18.1 Å². The topological polar surface area (TPSA) is 84.8 Å². The minimum Gasteiger partial charge on any atom is -0.493 e. The third kappa shape index (κ3) is 9.47. The fourth-order valence-electron chi connectivity index (χ4n) is 5.36. The number of hydrogen-bond acceptors (Lipinski definition) is 6. The van der Waals surface area contributed by atoms with Crippen molar-refractivity contribution in [3.8, 4) is 22.6 Å². The molecule has 0 fully saturated rings. The van der Waals surface area contributed by atoms with Gasteiger partial charge in [-0.05, 0) is 97.7 Å². The van der Waals surface area contributed by atoms with Crippen molar-refractivity contribution in [3.63, 3.8) is 0 Å². The van der Waals surface area contributed by atoms with Crippen molar-refractivity contribution in [3.05, 3.63) is 99.9 Å². The normalized spacial score (nSPS) is 11.5. The van der Waals surface area contributed by atoms with Gasteiger partial charge in [-0.1, -0.05) is 43.7 Å². The molecule has 0 unspecified atom stereocenters. The number of carboxylic acid groups (broad SMARTS) is 1. The Morgan fingerprint density at radius 3 is 2.26 bits per heavy atom. The summed E-state index contributed by atoms with van der Waals surface area (Å²) >= 11 is 0. The number of halogens is 3. The van der Waals surface area contributed by atoms with Crippen molar-refractivity contribution in [2.24, 2.45) is 0 Å². The Balaban J connectivity index is 1.79. The van der Waals surface area contributed by atoms with Gasteiger partial charge in [0, 0.05) is 25.1 Å². The van der Waals surface area contributed by atoms with Crippen molar-refractivity contribution >= 4 is 11.9 Å². The van der Waals surface area contributed by atoms with Gasteiger partial charge >= 0.3 is 12.1 Å². The lowest BCUT2D eigenvalue weighted by atomic mass is 9.91. The first-order valence-electron chi connectivity index (χ1n) is 15.7. The van der Waals surface area contributed by atoms with E-state index in [9.17, 15) is 18.0 Å². The van der Waals surface area contributed by atoms with Gasteiger partial charge in [0.15, 0.2) is 5.75 Å². The Labute approximate surface area is 274 Å². The summed E-state index contributed by atoms with van der Waals surface area (Å²) in [5.74, 6) is 0.812. The second-order valence-corrected chi connectivity index (χ2v) is 12.1. The predicted molar refractivity (Wildman–Crippen MR) is 177 cm³/mol. The van der Waals surface area contributed by atoms with Crippen LogP contribution in [0.5, 0.6) is 11.5 Å². The molecule has 250 valence electrons. The van der Waals surface area contributed by atoms with Crippen LogP contribution in [0.3, 0.4) is 0 Å². The largest absolute Gasteiger partial charge is 0.493 e. The van der Waals surface area contributed by atoms with Crippen molar-refractivity contribution in [1.29, 1.82) is 0 Å². The van der Waals surface area contributed by atoms with Gasteiger partial charge in [-0.3, -0.25) is 4.79 Å². The molecule has 4 rings (SSSR count). The molecule has 0 bridgehead atoms. The predicted octanol–water partition coefficient (Wildman–Crippen LogP) is 9.06. The number of hydrogen-bond donors (Lipinski definition) is 1. The van der Waals surface area contributed by atoms with Gasteiger partial charge in [0.25, 0.3) is 0 Å². The number of alkyl halides is 3. The first-order valence-corrected chi connectivity index (χ1v) is 15.7. The summed E-state index contributed by atoms with van der Waals surface area (Å²) in [6.07, 6.45) is -1.19. The molecule has 0 saturated heterocycles. The number of benzene rings is 3. The lowest BCUT2D eigenvalue weighted by Crippen LogP contribution is -2.25. The zero-order valence-electron chi connectivity index (χ0n) is 27.7. The third-order valence-electron chi connectivity index (χ3n) is 7.88. The highest BCUT2D eigenvalue weighted by Gasteiger charge is 2.31. The Kier molecular flexibility index (Phi) is 11.5. The number of aromatic nitrogens is 2. The van der Waals surface area contributed by atoms with Crippen LogP contribution >= 0.6 is 0 Å². The first-order chi connectivity index (χ1) is 22.2. The molecular formula is C37H42F3N3O4. The van der Waals surface area contributed by atoms with E-state index in [0.29, 0.717) is 48.3 Å². The van der Waals surface area contributed by atoms with Crippen molar-refractivity contribution < 1.29 is 32.5 Å². The SMILES string of the molecule is CCOc1ccc(C(C)C)cc1-c1cc(C)c(C)cc1CN(Cc1cc(C)cc(C(F)(F)F)c1)c1ncc(OCCCC(=O)O)cn1. The standard InChI is InChI=1S/C37H42F3N3O4/c1-7-46-34-11-10-28(23(2)3)18-33(34)32-16-26(6)25(5)15-29(32)22-43(21-27-13-24(4)14-30(17-27)37(38,39)40)36-41-19-31(20-42-36)47-12-8-9-35(44)45/h10-11,13-20,23H,7-9,12,21-22H2,1-6H3,(H,44,45). The van der Waals surface area contributed by atoms with Crippen LogP contribution in [0.1, 0.15) is 78.5 Å². The molecule has 3 aromatic carbocycles. The van der Waals surface area contributed by atoms with Crippen LogP contribution in [-0.2, 0) is 24.1 Å². The van der Waals surface area contributed by atoms with Gasteiger partial charge in [0.05, 0.1) is 31.2 Å². The fourth-order valence-corrected chi connectivity index (χ4v) is 5.36. The van der Waals surface area contributed by atoms with Gasteiger partial charge in [0.1, 0.15) is 5.75 Å². The van der Waals surface area contributed by atoms with Gasteiger partial charge in [-0.2, -0.15) is 13.2 Å². The number of carboxylic acids is 1. The third-order valence-corrected chi connectivity index (χ3v) is 7.88. The number of nitrogens with zero attached hydrogens (tertiary/aromatic N) is 3. The molecule has 0 saturated carbocycles. The van der Waals surface area contributed by atoms with Crippen LogP contribution in [0.15, 0.2) is 60.9 Å². The molecule has 10 heteroatoms. The Morgan fingerprint density at radius 1 is 0.915 bits per heavy atom. The zero-order valence-corrected chi connectivity index (χ0v) is 27.7. The number of aryl methyl sites for hydroxylation is 3. The smallest absolute Gasteiger partial charge is 0.416 e. The molecule has 0 aliphatic rings. The fraction of sp³-hybridized carbons (Fsp3) is 0.378. The molecular weight excluding hydrogens is 607 g/mol. The minimum absolute atomic E-state index is 0.0213. The highest BCUT2D eigenvalue weighted by Crippen LogP contribution is 2.38. The molecule has 47 heavy (non-hydrogen) atoms. The van der Waals surface area contributed by atoms with Crippen LogP contribution in [0.2, 0.25) is 0 Å². The number of ether oxygens (including phenoxy) is 2. The molecule has 0 radical (unpaired) electrons. The maximum absolute atomic E-state index is 13.8. The molecule has 7 nitrogen and oxygen atoms in total. The molecule has 0 amide bonds. The second kappa shape index (κ2) is 15.3. The minimum atomic E-state index is -4.49. The van der Waals surface area contributed by atoms with Crippen LogP contribution < -0.4 is 14.4 Å². The van der Waals surface area contributed by atoms with Crippen molar-refractivity contribution in [2.45, 2.75) is 79.6 Å². The second-order valence-electron chi connectivity index (χ2n) is 12.1. The van der Waals surface area contributed by atoms with Crippen molar-refractivity contribution in [1.82, 2.24) is 9.97 Å². The Morgan fingerprint density at radius 2 is 1.62 bits per heavy atom. The van der Waals surface area contributed by atoms with E-state index in [1.807, 2.05) is 24.8 Å². The quantitative estimate of drug-likeness (QED) is 0.136. The number of carbonyl (C=O) groups is 1.